The monoisotopic (exact) mass is 353 g/mol. The Morgan fingerprint density at radius 1 is 1.21 bits per heavy atom. The summed E-state index contributed by atoms with van der Waals surface area (Å²) >= 11 is 0. The number of benzene rings is 1. The number of likely N-dealkylation sites (N-methyl/N-ethyl adjacent to an activating group) is 1. The van der Waals surface area contributed by atoms with Crippen molar-refractivity contribution in [1.82, 2.24) is 14.2 Å². The van der Waals surface area contributed by atoms with Crippen molar-refractivity contribution in [3.63, 3.8) is 0 Å². The van der Waals surface area contributed by atoms with Crippen LogP contribution >= 0.6 is 0 Å². The van der Waals surface area contributed by atoms with E-state index < -0.39 is 21.7 Å². The third-order valence-corrected chi connectivity index (χ3v) is 5.37. The molecule has 0 saturated carbocycles. The Labute approximate surface area is 142 Å². The predicted octanol–water partition coefficient (Wildman–Crippen LogP) is 1.07. The van der Waals surface area contributed by atoms with Gasteiger partial charge in [-0.1, -0.05) is 6.07 Å². The lowest BCUT2D eigenvalue weighted by Crippen LogP contribution is -2.31. The average molecular weight is 353 g/mol. The van der Waals surface area contributed by atoms with Crippen LogP contribution in [0.1, 0.15) is 5.56 Å². The van der Waals surface area contributed by atoms with E-state index in [-0.39, 0.29) is 0 Å². The number of fused-ring (bicyclic) bond motifs is 1. The van der Waals surface area contributed by atoms with E-state index in [1.54, 1.807) is 12.1 Å². The molecular weight excluding hydrogens is 330 g/mol. The Bertz CT molecular complexity index is 825. The third-order valence-electron chi connectivity index (χ3n) is 3.66. The number of carbonyl (C=O) groups excluding carboxylic acids is 1. The number of sulfonamides is 1. The second kappa shape index (κ2) is 7.33. The van der Waals surface area contributed by atoms with Crippen LogP contribution in [-0.2, 0) is 21.2 Å². The minimum atomic E-state index is -3.64. The van der Waals surface area contributed by atoms with Crippen molar-refractivity contribution in [3.8, 4) is 5.75 Å². The van der Waals surface area contributed by atoms with Crippen molar-refractivity contribution in [2.45, 2.75) is 6.42 Å². The van der Waals surface area contributed by atoms with Crippen LogP contribution in [0.5, 0.6) is 5.75 Å². The van der Waals surface area contributed by atoms with Crippen molar-refractivity contribution >= 4 is 26.9 Å². The van der Waals surface area contributed by atoms with Crippen molar-refractivity contribution in [3.05, 3.63) is 30.0 Å². The van der Waals surface area contributed by atoms with Gasteiger partial charge >= 0.3 is 5.97 Å². The molecule has 8 heteroatoms. The van der Waals surface area contributed by atoms with E-state index >= 15 is 0 Å². The Kier molecular flexibility index (Phi) is 5.63. The lowest BCUT2D eigenvalue weighted by atomic mass is 10.1. The van der Waals surface area contributed by atoms with Crippen LogP contribution in [0, 0.1) is 0 Å². The molecule has 1 N–H and O–H groups in total. The van der Waals surface area contributed by atoms with E-state index in [1.165, 1.54) is 14.1 Å². The summed E-state index contributed by atoms with van der Waals surface area (Å²) in [5, 5.41) is 0.815. The molecule has 1 heterocycles. The molecule has 0 aliphatic rings. The molecule has 0 saturated heterocycles. The predicted molar refractivity (Wildman–Crippen MR) is 93.7 cm³/mol. The molecule has 0 aliphatic heterocycles. The van der Waals surface area contributed by atoms with Gasteiger partial charge in [0.2, 0.25) is 10.0 Å². The van der Waals surface area contributed by atoms with Crippen molar-refractivity contribution in [1.29, 1.82) is 0 Å². The molecule has 2 aromatic rings. The minimum absolute atomic E-state index is 0.376. The standard InChI is InChI=1S/C16H23N3O4S/c1-18(2)9-8-12-10-17-13-6-5-7-14(16(12)13)23-15(20)11-24(21,22)19(3)4/h5-7,10,17H,8-9,11H2,1-4H3. The number of hydrogen-bond acceptors (Lipinski definition) is 5. The number of carbonyl (C=O) groups is 1. The number of nitrogens with one attached hydrogen (secondary N) is 1. The first kappa shape index (κ1) is 18.4. The Hall–Kier alpha value is -1.90. The normalized spacial score (nSPS) is 12.2. The Morgan fingerprint density at radius 3 is 2.54 bits per heavy atom. The number of aromatic nitrogens is 1. The number of H-pyrrole nitrogens is 1. The maximum atomic E-state index is 12.0. The molecule has 0 amide bonds. The zero-order valence-corrected chi connectivity index (χ0v) is 15.2. The van der Waals surface area contributed by atoms with Gasteiger partial charge < -0.3 is 14.6 Å². The summed E-state index contributed by atoms with van der Waals surface area (Å²) in [4.78, 5) is 17.3. The van der Waals surface area contributed by atoms with Crippen LogP contribution in [-0.4, -0.2) is 69.1 Å². The summed E-state index contributed by atoms with van der Waals surface area (Å²) in [6, 6.07) is 5.33. The zero-order valence-electron chi connectivity index (χ0n) is 14.4. The highest BCUT2D eigenvalue weighted by atomic mass is 32.2. The van der Waals surface area contributed by atoms with E-state index in [2.05, 4.69) is 9.88 Å². The van der Waals surface area contributed by atoms with Gasteiger partial charge in [0.05, 0.1) is 0 Å². The second-order valence-corrected chi connectivity index (χ2v) is 8.24. The van der Waals surface area contributed by atoms with E-state index in [9.17, 15) is 13.2 Å². The molecule has 2 rings (SSSR count). The number of rotatable bonds is 7. The fourth-order valence-electron chi connectivity index (χ4n) is 2.28. The van der Waals surface area contributed by atoms with Gasteiger partial charge in [-0.25, -0.2) is 12.7 Å². The highest BCUT2D eigenvalue weighted by Gasteiger charge is 2.21. The van der Waals surface area contributed by atoms with E-state index in [0.29, 0.717) is 5.75 Å². The Balaban J connectivity index is 2.25. The molecule has 0 radical (unpaired) electrons. The molecule has 24 heavy (non-hydrogen) atoms. The summed E-state index contributed by atoms with van der Waals surface area (Å²) in [7, 11) is 3.10. The molecule has 0 spiro atoms. The van der Waals surface area contributed by atoms with Crippen LogP contribution in [0.25, 0.3) is 10.9 Å². The van der Waals surface area contributed by atoms with Crippen LogP contribution < -0.4 is 4.74 Å². The first-order chi connectivity index (χ1) is 11.2. The summed E-state index contributed by atoms with van der Waals surface area (Å²) in [5.41, 5.74) is 1.88. The molecule has 0 unspecified atom stereocenters. The number of nitrogens with zero attached hydrogens (tertiary/aromatic N) is 2. The van der Waals surface area contributed by atoms with Gasteiger partial charge in [-0.05, 0) is 38.2 Å². The molecule has 0 fully saturated rings. The fourth-order valence-corrected chi connectivity index (χ4v) is 2.89. The summed E-state index contributed by atoms with van der Waals surface area (Å²) < 4.78 is 30.0. The van der Waals surface area contributed by atoms with Gasteiger partial charge in [-0.15, -0.1) is 0 Å². The van der Waals surface area contributed by atoms with Gasteiger partial charge in [0.15, 0.2) is 5.75 Å². The molecule has 0 atom stereocenters. The highest BCUT2D eigenvalue weighted by molar-refractivity contribution is 7.89. The second-order valence-electron chi connectivity index (χ2n) is 6.06. The summed E-state index contributed by atoms with van der Waals surface area (Å²) in [5.74, 6) is -1.11. The SMILES string of the molecule is CN(C)CCc1c[nH]c2cccc(OC(=O)CS(=O)(=O)N(C)C)c12. The van der Waals surface area contributed by atoms with E-state index in [4.69, 9.17) is 4.74 Å². The first-order valence-electron chi connectivity index (χ1n) is 7.55. The quantitative estimate of drug-likeness (QED) is 0.595. The first-order valence-corrected chi connectivity index (χ1v) is 9.16. The summed E-state index contributed by atoms with van der Waals surface area (Å²) in [6.45, 7) is 0.851. The van der Waals surface area contributed by atoms with Crippen LogP contribution in [0.15, 0.2) is 24.4 Å². The molecule has 7 nitrogen and oxygen atoms in total. The molecule has 0 aliphatic carbocycles. The fraction of sp³-hybridized carbons (Fsp3) is 0.438. The van der Waals surface area contributed by atoms with Gasteiger partial charge in [-0.2, -0.15) is 0 Å². The van der Waals surface area contributed by atoms with Gasteiger partial charge in [0.1, 0.15) is 5.75 Å². The van der Waals surface area contributed by atoms with Crippen molar-refractivity contribution in [2.75, 3.05) is 40.5 Å². The smallest absolute Gasteiger partial charge is 0.328 e. The average Bonchev–Trinajstić information content (AvgIpc) is 2.88. The topological polar surface area (TPSA) is 82.7 Å². The van der Waals surface area contributed by atoms with Crippen molar-refractivity contribution < 1.29 is 17.9 Å². The van der Waals surface area contributed by atoms with Crippen LogP contribution in [0.2, 0.25) is 0 Å². The number of ether oxygens (including phenoxy) is 1. The number of esters is 1. The van der Waals surface area contributed by atoms with Gasteiger partial charge in [0.25, 0.3) is 0 Å². The van der Waals surface area contributed by atoms with Gasteiger partial charge in [-0.3, -0.25) is 4.79 Å². The largest absolute Gasteiger partial charge is 0.425 e. The zero-order chi connectivity index (χ0) is 17.9. The van der Waals surface area contributed by atoms with Gasteiger partial charge in [0, 0.05) is 37.7 Å². The van der Waals surface area contributed by atoms with Crippen LogP contribution in [0.4, 0.5) is 0 Å². The van der Waals surface area contributed by atoms with E-state index in [1.807, 2.05) is 26.4 Å². The maximum Gasteiger partial charge on any atom is 0.328 e. The molecule has 0 bridgehead atoms. The number of hydrogen-bond donors (Lipinski definition) is 1. The minimum Gasteiger partial charge on any atom is -0.425 e. The van der Waals surface area contributed by atoms with E-state index in [0.717, 1.165) is 33.7 Å². The molecule has 1 aromatic heterocycles. The van der Waals surface area contributed by atoms with Crippen molar-refractivity contribution in [2.24, 2.45) is 0 Å². The molecule has 1 aromatic carbocycles. The highest BCUT2D eigenvalue weighted by Crippen LogP contribution is 2.29. The number of aromatic amines is 1. The maximum absolute atomic E-state index is 12.0. The third kappa shape index (κ3) is 4.34. The Morgan fingerprint density at radius 2 is 1.92 bits per heavy atom. The summed E-state index contributed by atoms with van der Waals surface area (Å²) in [6.07, 6.45) is 2.68. The lowest BCUT2D eigenvalue weighted by molar-refractivity contribution is -0.131. The van der Waals surface area contributed by atoms with Crippen LogP contribution in [0.3, 0.4) is 0 Å². The lowest BCUT2D eigenvalue weighted by Gasteiger charge is -2.12. The molecule has 132 valence electrons. The molecular formula is C16H23N3O4S.